The maximum absolute atomic E-state index is 12.8. The molecule has 0 bridgehead atoms. The highest BCUT2D eigenvalue weighted by Crippen LogP contribution is 2.43. The van der Waals surface area contributed by atoms with E-state index in [0.29, 0.717) is 24.1 Å². The van der Waals surface area contributed by atoms with Gasteiger partial charge < -0.3 is 18.9 Å². The standard InChI is InChI=1S/C52H96NO7P/c1-6-8-10-12-14-16-18-20-22-24-26-27-28-29-31-33-35-37-39-41-43-45-52(54)60-51(50-59-61(55,56)58-48-46-53(3,4)5)49-57-47-44-42-40-38-36-34-32-30-25-23-21-19-17-15-13-11-9-7-2/h9,11,15,17,21,23-24,26,30,32,51H,6-8,10,12-14,16,18-20,22,25,27-29,31,33-50H2,1-5H3/p+1/b11-9-,17-15-,23-21-,26-24-,32-30-. The summed E-state index contributed by atoms with van der Waals surface area (Å²) < 4.78 is 35.1. The van der Waals surface area contributed by atoms with Gasteiger partial charge in [0, 0.05) is 13.0 Å². The van der Waals surface area contributed by atoms with Gasteiger partial charge in [-0.2, -0.15) is 0 Å². The van der Waals surface area contributed by atoms with E-state index in [9.17, 15) is 14.3 Å². The Morgan fingerprint density at radius 3 is 1.44 bits per heavy atom. The molecule has 2 atom stereocenters. The van der Waals surface area contributed by atoms with Gasteiger partial charge in [0.25, 0.3) is 0 Å². The first-order valence-corrected chi connectivity index (χ1v) is 26.5. The fourth-order valence-corrected chi connectivity index (χ4v) is 7.46. The zero-order valence-corrected chi connectivity index (χ0v) is 41.3. The van der Waals surface area contributed by atoms with Gasteiger partial charge in [-0.1, -0.05) is 184 Å². The number of ether oxygens (including phenoxy) is 2. The quantitative estimate of drug-likeness (QED) is 0.0214. The van der Waals surface area contributed by atoms with Gasteiger partial charge in [0.1, 0.15) is 19.3 Å². The number of allylic oxidation sites excluding steroid dienone is 10. The first-order chi connectivity index (χ1) is 29.6. The van der Waals surface area contributed by atoms with E-state index in [2.05, 4.69) is 74.6 Å². The average Bonchev–Trinajstić information content (AvgIpc) is 3.22. The molecule has 0 aliphatic rings. The predicted octanol–water partition coefficient (Wildman–Crippen LogP) is 15.3. The fraction of sp³-hybridized carbons (Fsp3) is 0.788. The van der Waals surface area contributed by atoms with Crippen molar-refractivity contribution in [3.05, 3.63) is 60.8 Å². The van der Waals surface area contributed by atoms with Crippen molar-refractivity contribution in [3.63, 3.8) is 0 Å². The summed E-state index contributed by atoms with van der Waals surface area (Å²) in [5, 5.41) is 0. The Balaban J connectivity index is 4.19. The predicted molar refractivity (Wildman–Crippen MR) is 261 cm³/mol. The lowest BCUT2D eigenvalue weighted by Crippen LogP contribution is -2.37. The molecule has 0 radical (unpaired) electrons. The monoisotopic (exact) mass is 879 g/mol. The van der Waals surface area contributed by atoms with Gasteiger partial charge in [0.15, 0.2) is 0 Å². The molecule has 0 spiro atoms. The molecule has 0 rings (SSSR count). The number of unbranched alkanes of at least 4 members (excludes halogenated alkanes) is 22. The molecule has 0 aromatic heterocycles. The van der Waals surface area contributed by atoms with Crippen LogP contribution in [-0.4, -0.2) is 75.6 Å². The largest absolute Gasteiger partial charge is 0.472 e. The topological polar surface area (TPSA) is 91.3 Å². The summed E-state index contributed by atoms with van der Waals surface area (Å²) in [6, 6.07) is 0. The summed E-state index contributed by atoms with van der Waals surface area (Å²) in [7, 11) is 1.65. The summed E-state index contributed by atoms with van der Waals surface area (Å²) in [5.41, 5.74) is 0. The summed E-state index contributed by atoms with van der Waals surface area (Å²) in [5.74, 6) is -0.323. The minimum absolute atomic E-state index is 0.0821. The maximum atomic E-state index is 12.8. The zero-order valence-electron chi connectivity index (χ0n) is 40.4. The third-order valence-electron chi connectivity index (χ3n) is 10.6. The molecule has 2 unspecified atom stereocenters. The summed E-state index contributed by atoms with van der Waals surface area (Å²) in [6.07, 6.45) is 56.9. The van der Waals surface area contributed by atoms with Crippen molar-refractivity contribution in [2.24, 2.45) is 0 Å². The molecule has 9 heteroatoms. The first-order valence-electron chi connectivity index (χ1n) is 25.0. The first kappa shape index (κ1) is 59.2. The van der Waals surface area contributed by atoms with E-state index in [1.54, 1.807) is 0 Å². The highest BCUT2D eigenvalue weighted by atomic mass is 31.2. The van der Waals surface area contributed by atoms with Crippen molar-refractivity contribution in [2.45, 2.75) is 213 Å². The molecule has 0 heterocycles. The SMILES string of the molecule is CC/C=C\C/C=C\C/C=C\C/C=C\CCCCCCCOCC(COP(=O)(O)OCC[N+](C)(C)C)OC(=O)CCCCCCCCCCC/C=C\CCCCCCCCCC. The Labute approximate surface area is 377 Å². The number of nitrogens with zero attached hydrogens (tertiary/aromatic N) is 1. The normalized spacial score (nSPS) is 14.1. The second-order valence-electron chi connectivity index (χ2n) is 17.8. The molecule has 8 nitrogen and oxygen atoms in total. The number of hydrogen-bond acceptors (Lipinski definition) is 6. The van der Waals surface area contributed by atoms with Crippen LogP contribution in [0.3, 0.4) is 0 Å². The lowest BCUT2D eigenvalue weighted by atomic mass is 10.1. The maximum Gasteiger partial charge on any atom is 0.472 e. The van der Waals surface area contributed by atoms with E-state index in [1.807, 2.05) is 21.1 Å². The van der Waals surface area contributed by atoms with E-state index >= 15 is 0 Å². The number of carbonyl (C=O) groups excluding carboxylic acids is 1. The van der Waals surface area contributed by atoms with Crippen LogP contribution in [-0.2, 0) is 27.9 Å². The molecular formula is C52H97NO7P+. The number of likely N-dealkylation sites (N-methyl/N-ethyl adjacent to an activating group) is 1. The Bertz CT molecular complexity index is 1160. The Hall–Kier alpha value is -1.80. The third-order valence-corrected chi connectivity index (χ3v) is 11.5. The van der Waals surface area contributed by atoms with Crippen molar-refractivity contribution < 1.29 is 37.3 Å². The van der Waals surface area contributed by atoms with Crippen LogP contribution >= 0.6 is 7.82 Å². The van der Waals surface area contributed by atoms with E-state index in [0.717, 1.165) is 70.6 Å². The molecule has 0 aliphatic heterocycles. The van der Waals surface area contributed by atoms with Gasteiger partial charge in [-0.25, -0.2) is 4.57 Å². The Morgan fingerprint density at radius 1 is 0.525 bits per heavy atom. The molecule has 61 heavy (non-hydrogen) atoms. The molecular weight excluding hydrogens is 782 g/mol. The third kappa shape index (κ3) is 49.1. The Kier molecular flexibility index (Phi) is 43.5. The van der Waals surface area contributed by atoms with Gasteiger partial charge in [-0.3, -0.25) is 13.8 Å². The number of phosphoric ester groups is 1. The van der Waals surface area contributed by atoms with Gasteiger partial charge in [-0.05, 0) is 77.0 Å². The van der Waals surface area contributed by atoms with Crippen LogP contribution < -0.4 is 0 Å². The lowest BCUT2D eigenvalue weighted by Gasteiger charge is -2.24. The summed E-state index contributed by atoms with van der Waals surface area (Å²) in [6.45, 7) is 5.47. The number of phosphoric acid groups is 1. The van der Waals surface area contributed by atoms with Crippen molar-refractivity contribution in [2.75, 3.05) is 54.1 Å². The van der Waals surface area contributed by atoms with E-state index < -0.39 is 13.9 Å². The molecule has 0 aromatic rings. The second kappa shape index (κ2) is 44.8. The second-order valence-corrected chi connectivity index (χ2v) is 19.3. The van der Waals surface area contributed by atoms with Gasteiger partial charge >= 0.3 is 13.8 Å². The van der Waals surface area contributed by atoms with Crippen LogP contribution in [0.2, 0.25) is 0 Å². The number of rotatable bonds is 46. The van der Waals surface area contributed by atoms with Crippen LogP contribution in [0.5, 0.6) is 0 Å². The van der Waals surface area contributed by atoms with Crippen LogP contribution in [0.1, 0.15) is 206 Å². The lowest BCUT2D eigenvalue weighted by molar-refractivity contribution is -0.870. The number of esters is 1. The number of carbonyl (C=O) groups is 1. The van der Waals surface area contributed by atoms with E-state index in [-0.39, 0.29) is 25.8 Å². The smallest absolute Gasteiger partial charge is 0.457 e. The molecule has 0 saturated heterocycles. The number of hydrogen-bond donors (Lipinski definition) is 1. The Morgan fingerprint density at radius 2 is 0.951 bits per heavy atom. The molecule has 1 N–H and O–H groups in total. The minimum Gasteiger partial charge on any atom is -0.457 e. The van der Waals surface area contributed by atoms with Crippen LogP contribution in [0.4, 0.5) is 0 Å². The minimum atomic E-state index is -4.29. The van der Waals surface area contributed by atoms with Crippen molar-refractivity contribution in [1.29, 1.82) is 0 Å². The number of quaternary nitrogens is 1. The molecule has 0 amide bonds. The average molecular weight is 879 g/mol. The highest BCUT2D eigenvalue weighted by molar-refractivity contribution is 7.47. The zero-order chi connectivity index (χ0) is 44.8. The van der Waals surface area contributed by atoms with Crippen LogP contribution in [0.25, 0.3) is 0 Å². The molecule has 0 fully saturated rings. The highest BCUT2D eigenvalue weighted by Gasteiger charge is 2.26. The van der Waals surface area contributed by atoms with Crippen molar-refractivity contribution >= 4 is 13.8 Å². The van der Waals surface area contributed by atoms with Gasteiger partial charge in [0.05, 0.1) is 34.4 Å². The van der Waals surface area contributed by atoms with E-state index in [1.165, 1.54) is 116 Å². The van der Waals surface area contributed by atoms with E-state index in [4.69, 9.17) is 18.5 Å². The van der Waals surface area contributed by atoms with Gasteiger partial charge in [-0.15, -0.1) is 0 Å². The molecule has 356 valence electrons. The fourth-order valence-electron chi connectivity index (χ4n) is 6.72. The van der Waals surface area contributed by atoms with Gasteiger partial charge in [0.2, 0.25) is 0 Å². The van der Waals surface area contributed by atoms with Crippen LogP contribution in [0.15, 0.2) is 60.8 Å². The molecule has 0 aromatic carbocycles. The van der Waals surface area contributed by atoms with Crippen molar-refractivity contribution in [1.82, 2.24) is 0 Å². The summed E-state index contributed by atoms with van der Waals surface area (Å²) in [4.78, 5) is 23.0. The molecule has 0 aliphatic carbocycles. The summed E-state index contributed by atoms with van der Waals surface area (Å²) >= 11 is 0. The molecule has 0 saturated carbocycles. The van der Waals surface area contributed by atoms with Crippen molar-refractivity contribution in [3.8, 4) is 0 Å². The van der Waals surface area contributed by atoms with Crippen LogP contribution in [0, 0.1) is 0 Å².